The number of aryl methyl sites for hydroxylation is 3. The summed E-state index contributed by atoms with van der Waals surface area (Å²) in [5.41, 5.74) is 6.96. The predicted molar refractivity (Wildman–Crippen MR) is 112 cm³/mol. The summed E-state index contributed by atoms with van der Waals surface area (Å²) >= 11 is 6.34. The van der Waals surface area contributed by atoms with E-state index in [0.29, 0.717) is 5.02 Å². The number of fused-ring (bicyclic) bond motifs is 3. The van der Waals surface area contributed by atoms with Gasteiger partial charge in [0.05, 0.1) is 5.69 Å². The maximum Gasteiger partial charge on any atom is 0.120 e. The molecule has 4 rings (SSSR count). The molecule has 1 heterocycles. The minimum Gasteiger partial charge on any atom is -0.303 e. The predicted octanol–water partition coefficient (Wildman–Crippen LogP) is 5.12. The highest BCUT2D eigenvalue weighted by Gasteiger charge is 2.34. The first-order valence-electron chi connectivity index (χ1n) is 10.2. The molecule has 1 aliphatic rings. The third-order valence-electron chi connectivity index (χ3n) is 5.66. The first-order chi connectivity index (χ1) is 13.9. The van der Waals surface area contributed by atoms with Crippen molar-refractivity contribution in [2.24, 2.45) is 13.0 Å². The fourth-order valence-corrected chi connectivity index (χ4v) is 4.63. The summed E-state index contributed by atoms with van der Waals surface area (Å²) in [5, 5.41) is 8.85. The summed E-state index contributed by atoms with van der Waals surface area (Å²) in [6.07, 6.45) is 4.19. The van der Waals surface area contributed by atoms with Gasteiger partial charge < -0.3 is 4.79 Å². The third-order valence-corrected chi connectivity index (χ3v) is 5.89. The normalized spacial score (nSPS) is 16.4. The van der Waals surface area contributed by atoms with Gasteiger partial charge in [0.15, 0.2) is 0 Å². The molecular weight excluding hydrogens is 370 g/mol. The highest BCUT2D eigenvalue weighted by atomic mass is 35.5. The van der Waals surface area contributed by atoms with Crippen molar-refractivity contribution in [1.29, 1.82) is 0 Å². The van der Waals surface area contributed by atoms with Gasteiger partial charge in [-0.2, -0.15) is 0 Å². The average Bonchev–Trinajstić information content (AvgIpc) is 3.20. The van der Waals surface area contributed by atoms with Crippen LogP contribution in [-0.2, 0) is 18.3 Å². The minimum atomic E-state index is -0.515. The zero-order chi connectivity index (χ0) is 20.5. The molecule has 0 amide bonds. The summed E-state index contributed by atoms with van der Waals surface area (Å²) in [6.45, 7) is 2.09. The molecule has 0 radical (unpaired) electrons. The number of nitrogens with zero attached hydrogens (tertiary/aromatic N) is 3. The second kappa shape index (κ2) is 7.88. The lowest BCUT2D eigenvalue weighted by Gasteiger charge is -2.24. The van der Waals surface area contributed by atoms with Crippen LogP contribution in [-0.4, -0.2) is 21.3 Å². The van der Waals surface area contributed by atoms with Crippen molar-refractivity contribution in [3.05, 3.63) is 70.0 Å². The summed E-state index contributed by atoms with van der Waals surface area (Å²) in [5.74, 6) is 0.131. The molecule has 2 unspecified atom stereocenters. The van der Waals surface area contributed by atoms with Crippen LogP contribution in [0.4, 0.5) is 0 Å². The van der Waals surface area contributed by atoms with E-state index in [-0.39, 0.29) is 18.3 Å². The zero-order valence-electron chi connectivity index (χ0n) is 17.2. The van der Waals surface area contributed by atoms with E-state index in [1.807, 2.05) is 25.4 Å². The molecule has 0 N–H and O–H groups in total. The molecule has 1 aromatic heterocycles. The Hall–Kier alpha value is -2.46. The van der Waals surface area contributed by atoms with E-state index in [2.05, 4.69) is 41.5 Å². The van der Waals surface area contributed by atoms with Gasteiger partial charge in [0.25, 0.3) is 0 Å². The number of carbonyl (C=O) groups excluding carboxylic acids is 1. The Morgan fingerprint density at radius 1 is 1.25 bits per heavy atom. The van der Waals surface area contributed by atoms with Gasteiger partial charge >= 0.3 is 0 Å². The van der Waals surface area contributed by atoms with Crippen LogP contribution >= 0.6 is 11.6 Å². The number of hydrogen-bond acceptors (Lipinski definition) is 3. The van der Waals surface area contributed by atoms with E-state index in [0.717, 1.165) is 25.0 Å². The molecule has 28 heavy (non-hydrogen) atoms. The van der Waals surface area contributed by atoms with Gasteiger partial charge in [0, 0.05) is 30.6 Å². The third kappa shape index (κ3) is 3.61. The number of aldehydes is 1. The van der Waals surface area contributed by atoms with Gasteiger partial charge in [0.1, 0.15) is 7.63 Å². The molecule has 0 saturated heterocycles. The zero-order valence-corrected chi connectivity index (χ0v) is 16.9. The highest BCUT2D eigenvalue weighted by molar-refractivity contribution is 6.30. The largest absolute Gasteiger partial charge is 0.303 e. The number of hydrogen-bond donors (Lipinski definition) is 0. The van der Waals surface area contributed by atoms with Gasteiger partial charge in [-0.05, 0) is 66.5 Å². The van der Waals surface area contributed by atoms with Crippen molar-refractivity contribution in [3.8, 4) is 11.1 Å². The van der Waals surface area contributed by atoms with Crippen LogP contribution in [0.2, 0.25) is 5.02 Å². The molecule has 3 aromatic rings. The molecule has 1 aliphatic carbocycles. The van der Waals surface area contributed by atoms with Gasteiger partial charge in [-0.3, -0.25) is 4.68 Å². The number of aromatic nitrogens is 3. The molecule has 144 valence electrons. The lowest BCUT2D eigenvalue weighted by molar-refractivity contribution is -0.108. The van der Waals surface area contributed by atoms with Crippen molar-refractivity contribution in [2.75, 3.05) is 0 Å². The van der Waals surface area contributed by atoms with Crippen LogP contribution in [0.3, 0.4) is 0 Å². The van der Waals surface area contributed by atoms with Crippen molar-refractivity contribution in [2.45, 2.75) is 38.5 Å². The first kappa shape index (κ1) is 17.6. The summed E-state index contributed by atoms with van der Waals surface area (Å²) in [4.78, 5) is 11.8. The molecule has 2 aromatic carbocycles. The van der Waals surface area contributed by atoms with E-state index >= 15 is 0 Å². The van der Waals surface area contributed by atoms with Crippen molar-refractivity contribution in [1.82, 2.24) is 15.0 Å². The summed E-state index contributed by atoms with van der Waals surface area (Å²) in [6, 6.07) is 12.5. The number of benzene rings is 2. The molecular formula is C23H24ClN3O. The lowest BCUT2D eigenvalue weighted by atomic mass is 9.79. The SMILES string of the molecule is [2H]C(=O)CC(CCCc1cn(C)nn1)C1c2cc(C)ccc2-c2ccc(Cl)cc21. The Balaban J connectivity index is 1.66. The molecule has 0 fully saturated rings. The van der Waals surface area contributed by atoms with Gasteiger partial charge in [0.2, 0.25) is 0 Å². The van der Waals surface area contributed by atoms with Crippen molar-refractivity contribution < 1.29 is 6.17 Å². The quantitative estimate of drug-likeness (QED) is 0.522. The molecule has 0 aliphatic heterocycles. The summed E-state index contributed by atoms with van der Waals surface area (Å²) < 4.78 is 9.34. The molecule has 5 heteroatoms. The average molecular weight is 395 g/mol. The van der Waals surface area contributed by atoms with Crippen molar-refractivity contribution in [3.63, 3.8) is 0 Å². The van der Waals surface area contributed by atoms with E-state index < -0.39 is 6.26 Å². The Bertz CT molecular complexity index is 1010. The van der Waals surface area contributed by atoms with Crippen LogP contribution in [0.5, 0.6) is 0 Å². The van der Waals surface area contributed by atoms with Crippen LogP contribution in [0.15, 0.2) is 42.6 Å². The second-order valence-electron chi connectivity index (χ2n) is 7.68. The monoisotopic (exact) mass is 394 g/mol. The standard InChI is InChI=1S/C23H24ClN3O/c1-15-6-8-19-20-9-7-17(24)13-22(20)23(21(19)12-15)16(10-11-28)4-3-5-18-14-27(2)26-25-18/h6-9,11-14,16,23H,3-5,10H2,1-2H3/i11D. The highest BCUT2D eigenvalue weighted by Crippen LogP contribution is 2.50. The molecule has 2 atom stereocenters. The van der Waals surface area contributed by atoms with Crippen LogP contribution in [0, 0.1) is 12.8 Å². The lowest BCUT2D eigenvalue weighted by Crippen LogP contribution is -2.14. The smallest absolute Gasteiger partial charge is 0.120 e. The van der Waals surface area contributed by atoms with Crippen molar-refractivity contribution >= 4 is 17.9 Å². The van der Waals surface area contributed by atoms with E-state index in [1.165, 1.54) is 27.8 Å². The Morgan fingerprint density at radius 2 is 2.00 bits per heavy atom. The molecule has 0 saturated carbocycles. The topological polar surface area (TPSA) is 47.8 Å². The van der Waals surface area contributed by atoms with Crippen LogP contribution in [0.25, 0.3) is 11.1 Å². The second-order valence-corrected chi connectivity index (χ2v) is 8.12. The van der Waals surface area contributed by atoms with Crippen LogP contribution < -0.4 is 0 Å². The van der Waals surface area contributed by atoms with Gasteiger partial charge in [-0.25, -0.2) is 0 Å². The Kier molecular flexibility index (Phi) is 4.96. The number of halogens is 1. The summed E-state index contributed by atoms with van der Waals surface area (Å²) in [7, 11) is 1.86. The fraction of sp³-hybridized carbons (Fsp3) is 0.348. The maximum absolute atomic E-state index is 11.8. The minimum absolute atomic E-state index is 0.0527. The van der Waals surface area contributed by atoms with Gasteiger partial charge in [-0.15, -0.1) is 5.10 Å². The molecule has 0 bridgehead atoms. The first-order valence-corrected chi connectivity index (χ1v) is 10.0. The Morgan fingerprint density at radius 3 is 2.71 bits per heavy atom. The number of rotatable bonds is 7. The molecule has 4 nitrogen and oxygen atoms in total. The fourth-order valence-electron chi connectivity index (χ4n) is 4.45. The van der Waals surface area contributed by atoms with E-state index in [1.54, 1.807) is 4.68 Å². The Labute approximate surface area is 171 Å². The maximum atomic E-state index is 11.8. The van der Waals surface area contributed by atoms with E-state index in [9.17, 15) is 4.79 Å². The number of carbonyl (C=O) groups is 1. The van der Waals surface area contributed by atoms with Crippen LogP contribution in [0.1, 0.15) is 48.9 Å². The molecule has 0 spiro atoms. The van der Waals surface area contributed by atoms with Gasteiger partial charge in [-0.1, -0.05) is 46.6 Å². The van der Waals surface area contributed by atoms with E-state index in [4.69, 9.17) is 13.0 Å².